The lowest BCUT2D eigenvalue weighted by atomic mass is 10.1. The number of unbranched alkanes of at least 4 members (excludes halogenated alkanes) is 1. The third-order valence-electron chi connectivity index (χ3n) is 3.45. The van der Waals surface area contributed by atoms with Crippen molar-refractivity contribution in [1.82, 2.24) is 0 Å². The molecule has 0 aromatic heterocycles. The summed E-state index contributed by atoms with van der Waals surface area (Å²) in [5, 5.41) is 0. The second kappa shape index (κ2) is 7.63. The number of ketones is 1. The minimum atomic E-state index is 0.00811. The summed E-state index contributed by atoms with van der Waals surface area (Å²) in [6.07, 6.45) is 3.49. The van der Waals surface area contributed by atoms with Gasteiger partial charge in [0.1, 0.15) is 5.75 Å². The first-order valence-corrected chi connectivity index (χ1v) is 7.50. The van der Waals surface area contributed by atoms with Gasteiger partial charge in [-0.2, -0.15) is 0 Å². The molecule has 21 heavy (non-hydrogen) atoms. The molecule has 110 valence electrons. The molecular formula is C19H22O2. The van der Waals surface area contributed by atoms with Gasteiger partial charge in [0.25, 0.3) is 0 Å². The molecule has 0 aliphatic heterocycles. The van der Waals surface area contributed by atoms with Crippen molar-refractivity contribution in [2.45, 2.75) is 33.1 Å². The normalized spacial score (nSPS) is 10.4. The molecule has 0 bridgehead atoms. The van der Waals surface area contributed by atoms with Gasteiger partial charge >= 0.3 is 0 Å². The second-order valence-electron chi connectivity index (χ2n) is 5.33. The molecule has 0 amide bonds. The number of Topliss-reactive ketones (excluding diaryl/α,β-unsaturated/α-hetero) is 1. The van der Waals surface area contributed by atoms with E-state index in [9.17, 15) is 4.79 Å². The fraction of sp³-hybridized carbons (Fsp3) is 0.316. The highest BCUT2D eigenvalue weighted by molar-refractivity contribution is 5.97. The molecule has 2 aromatic rings. The lowest BCUT2D eigenvalue weighted by molar-refractivity contribution is 0.0921. The molecule has 0 saturated carbocycles. The van der Waals surface area contributed by atoms with E-state index in [0.29, 0.717) is 5.56 Å². The van der Waals surface area contributed by atoms with Gasteiger partial charge in [-0.1, -0.05) is 49.2 Å². The summed E-state index contributed by atoms with van der Waals surface area (Å²) in [6, 6.07) is 15.6. The SMILES string of the molecule is CCCCc1ccc(OCC(=O)c2cccc(C)c2)cc1. The van der Waals surface area contributed by atoms with Gasteiger partial charge in [0.2, 0.25) is 0 Å². The Morgan fingerprint density at radius 3 is 2.52 bits per heavy atom. The Morgan fingerprint density at radius 1 is 1.10 bits per heavy atom. The zero-order chi connectivity index (χ0) is 15.1. The van der Waals surface area contributed by atoms with Gasteiger partial charge in [-0.15, -0.1) is 0 Å². The van der Waals surface area contributed by atoms with Crippen LogP contribution in [0, 0.1) is 6.92 Å². The molecular weight excluding hydrogens is 260 g/mol. The topological polar surface area (TPSA) is 26.3 Å². The molecule has 0 aliphatic rings. The molecule has 0 atom stereocenters. The highest BCUT2D eigenvalue weighted by Crippen LogP contribution is 2.14. The van der Waals surface area contributed by atoms with Crippen molar-refractivity contribution in [3.8, 4) is 5.75 Å². The number of aryl methyl sites for hydroxylation is 2. The van der Waals surface area contributed by atoms with Gasteiger partial charge in [0.15, 0.2) is 12.4 Å². The third kappa shape index (κ3) is 4.75. The number of ether oxygens (including phenoxy) is 1. The minimum absolute atomic E-state index is 0.00811. The zero-order valence-electron chi connectivity index (χ0n) is 12.8. The van der Waals surface area contributed by atoms with E-state index in [2.05, 4.69) is 19.1 Å². The average Bonchev–Trinajstić information content (AvgIpc) is 2.51. The highest BCUT2D eigenvalue weighted by atomic mass is 16.5. The Balaban J connectivity index is 1.89. The highest BCUT2D eigenvalue weighted by Gasteiger charge is 2.06. The smallest absolute Gasteiger partial charge is 0.200 e. The van der Waals surface area contributed by atoms with Crippen molar-refractivity contribution in [2.24, 2.45) is 0 Å². The summed E-state index contributed by atoms with van der Waals surface area (Å²) in [5.74, 6) is 0.755. The van der Waals surface area contributed by atoms with E-state index in [4.69, 9.17) is 4.74 Å². The second-order valence-corrected chi connectivity index (χ2v) is 5.33. The van der Waals surface area contributed by atoms with Crippen LogP contribution in [0.4, 0.5) is 0 Å². The summed E-state index contributed by atoms with van der Waals surface area (Å²) >= 11 is 0. The van der Waals surface area contributed by atoms with Crippen molar-refractivity contribution in [3.63, 3.8) is 0 Å². The predicted octanol–water partition coefficient (Wildman–Crippen LogP) is 4.60. The van der Waals surface area contributed by atoms with Crippen molar-refractivity contribution >= 4 is 5.78 Å². The predicted molar refractivity (Wildman–Crippen MR) is 86.1 cm³/mol. The maximum Gasteiger partial charge on any atom is 0.200 e. The fourth-order valence-electron chi connectivity index (χ4n) is 2.18. The molecule has 0 aliphatic carbocycles. The lowest BCUT2D eigenvalue weighted by Gasteiger charge is -2.07. The van der Waals surface area contributed by atoms with E-state index >= 15 is 0 Å². The van der Waals surface area contributed by atoms with Gasteiger partial charge in [-0.3, -0.25) is 4.79 Å². The first kappa shape index (κ1) is 15.3. The van der Waals surface area contributed by atoms with Gasteiger partial charge in [-0.25, -0.2) is 0 Å². The van der Waals surface area contributed by atoms with Crippen LogP contribution < -0.4 is 4.74 Å². The Kier molecular flexibility index (Phi) is 5.56. The summed E-state index contributed by atoms with van der Waals surface area (Å²) in [6.45, 7) is 4.25. The average molecular weight is 282 g/mol. The van der Waals surface area contributed by atoms with E-state index in [1.807, 2.05) is 43.3 Å². The largest absolute Gasteiger partial charge is 0.485 e. The number of hydrogen-bond donors (Lipinski definition) is 0. The molecule has 0 heterocycles. The van der Waals surface area contributed by atoms with Crippen LogP contribution in [-0.4, -0.2) is 12.4 Å². The van der Waals surface area contributed by atoms with Gasteiger partial charge in [0.05, 0.1) is 0 Å². The fourth-order valence-corrected chi connectivity index (χ4v) is 2.18. The molecule has 2 heteroatoms. The summed E-state index contributed by atoms with van der Waals surface area (Å²) in [7, 11) is 0. The van der Waals surface area contributed by atoms with Gasteiger partial charge in [-0.05, 0) is 43.5 Å². The summed E-state index contributed by atoms with van der Waals surface area (Å²) < 4.78 is 5.57. The zero-order valence-corrected chi connectivity index (χ0v) is 12.8. The first-order chi connectivity index (χ1) is 10.2. The van der Waals surface area contributed by atoms with E-state index in [0.717, 1.165) is 17.7 Å². The molecule has 0 radical (unpaired) electrons. The molecule has 0 N–H and O–H groups in total. The molecule has 2 aromatic carbocycles. The number of carbonyl (C=O) groups excluding carboxylic acids is 1. The standard InChI is InChI=1S/C19H22O2/c1-3-4-7-16-9-11-18(12-10-16)21-14-19(20)17-8-5-6-15(2)13-17/h5-6,8-13H,3-4,7,14H2,1-2H3. The van der Waals surface area contributed by atoms with Crippen LogP contribution in [0.2, 0.25) is 0 Å². The Labute approximate surface area is 126 Å². The maximum absolute atomic E-state index is 12.1. The van der Waals surface area contributed by atoms with Crippen molar-refractivity contribution in [1.29, 1.82) is 0 Å². The number of carbonyl (C=O) groups is 1. The Bertz CT molecular complexity index is 585. The quantitative estimate of drug-likeness (QED) is 0.694. The number of rotatable bonds is 7. The van der Waals surface area contributed by atoms with E-state index < -0.39 is 0 Å². The lowest BCUT2D eigenvalue weighted by Crippen LogP contribution is -2.11. The monoisotopic (exact) mass is 282 g/mol. The molecule has 0 fully saturated rings. The van der Waals surface area contributed by atoms with Gasteiger partial charge in [0, 0.05) is 5.56 Å². The Hall–Kier alpha value is -2.09. The van der Waals surface area contributed by atoms with Crippen LogP contribution in [-0.2, 0) is 6.42 Å². The minimum Gasteiger partial charge on any atom is -0.485 e. The van der Waals surface area contributed by atoms with Crippen molar-refractivity contribution < 1.29 is 9.53 Å². The molecule has 0 saturated heterocycles. The van der Waals surface area contributed by atoms with E-state index in [1.165, 1.54) is 18.4 Å². The van der Waals surface area contributed by atoms with Crippen LogP contribution in [0.3, 0.4) is 0 Å². The molecule has 0 spiro atoms. The summed E-state index contributed by atoms with van der Waals surface area (Å²) in [4.78, 5) is 12.1. The first-order valence-electron chi connectivity index (χ1n) is 7.50. The van der Waals surface area contributed by atoms with Crippen LogP contribution >= 0.6 is 0 Å². The number of hydrogen-bond acceptors (Lipinski definition) is 2. The molecule has 2 nitrogen and oxygen atoms in total. The van der Waals surface area contributed by atoms with Crippen LogP contribution in [0.1, 0.15) is 41.3 Å². The third-order valence-corrected chi connectivity index (χ3v) is 3.45. The number of benzene rings is 2. The van der Waals surface area contributed by atoms with Crippen LogP contribution in [0.15, 0.2) is 48.5 Å². The maximum atomic E-state index is 12.1. The molecule has 0 unspecified atom stereocenters. The van der Waals surface area contributed by atoms with Crippen molar-refractivity contribution in [2.75, 3.05) is 6.61 Å². The molecule has 2 rings (SSSR count). The van der Waals surface area contributed by atoms with Crippen LogP contribution in [0.25, 0.3) is 0 Å². The summed E-state index contributed by atoms with van der Waals surface area (Å²) in [5.41, 5.74) is 3.10. The van der Waals surface area contributed by atoms with Crippen LogP contribution in [0.5, 0.6) is 5.75 Å². The van der Waals surface area contributed by atoms with E-state index in [-0.39, 0.29) is 12.4 Å². The van der Waals surface area contributed by atoms with Gasteiger partial charge < -0.3 is 4.74 Å². The Morgan fingerprint density at radius 2 is 1.86 bits per heavy atom. The van der Waals surface area contributed by atoms with Crippen molar-refractivity contribution in [3.05, 3.63) is 65.2 Å². The van der Waals surface area contributed by atoms with E-state index in [1.54, 1.807) is 0 Å².